The average Bonchev–Trinajstić information content (AvgIpc) is 2.13. The molecule has 0 aliphatic heterocycles. The van der Waals surface area contributed by atoms with Gasteiger partial charge < -0.3 is 5.11 Å². The molecule has 1 N–H and O–H groups in total. The Morgan fingerprint density at radius 1 is 1.64 bits per heavy atom. The van der Waals surface area contributed by atoms with Crippen LogP contribution in [-0.4, -0.2) is 10.1 Å². The van der Waals surface area contributed by atoms with E-state index >= 15 is 0 Å². The van der Waals surface area contributed by atoms with Crippen LogP contribution in [0.5, 0.6) is 5.75 Å². The molecule has 14 heavy (non-hydrogen) atoms. The number of aromatic nitrogens is 1. The first kappa shape index (κ1) is 11.1. The summed E-state index contributed by atoms with van der Waals surface area (Å²) in [4.78, 5) is 3.59. The molecule has 0 atom stereocenters. The van der Waals surface area contributed by atoms with E-state index in [2.05, 4.69) is 4.98 Å². The van der Waals surface area contributed by atoms with Gasteiger partial charge in [-0.1, -0.05) is 0 Å². The smallest absolute Gasteiger partial charge is 0.265 e. The molecular formula is C8H5F2IN2O. The molecule has 0 bridgehead atoms. The van der Waals surface area contributed by atoms with Crippen molar-refractivity contribution in [1.82, 2.24) is 4.98 Å². The highest BCUT2D eigenvalue weighted by Gasteiger charge is 2.18. The number of hydrogen-bond acceptors (Lipinski definition) is 3. The largest absolute Gasteiger partial charge is 0.505 e. The summed E-state index contributed by atoms with van der Waals surface area (Å²) in [6.45, 7) is 0. The average molecular weight is 310 g/mol. The van der Waals surface area contributed by atoms with Gasteiger partial charge in [0.15, 0.2) is 5.75 Å². The Hall–Kier alpha value is -0.970. The van der Waals surface area contributed by atoms with E-state index in [4.69, 9.17) is 5.26 Å². The predicted molar refractivity (Wildman–Crippen MR) is 52.9 cm³/mol. The molecular weight excluding hydrogens is 305 g/mol. The fourth-order valence-electron chi connectivity index (χ4n) is 0.979. The van der Waals surface area contributed by atoms with Crippen LogP contribution in [0, 0.1) is 15.0 Å². The molecule has 0 aliphatic rings. The molecule has 6 heteroatoms. The number of nitrogens with zero attached hydrogens (tertiary/aromatic N) is 2. The summed E-state index contributed by atoms with van der Waals surface area (Å²) in [7, 11) is 0. The van der Waals surface area contributed by atoms with Crippen molar-refractivity contribution < 1.29 is 13.9 Å². The molecule has 1 rings (SSSR count). The van der Waals surface area contributed by atoms with Gasteiger partial charge in [0.2, 0.25) is 0 Å². The zero-order valence-electron chi connectivity index (χ0n) is 6.84. The van der Waals surface area contributed by atoms with Crippen LogP contribution >= 0.6 is 22.6 Å². The molecule has 1 aromatic rings. The molecule has 0 spiro atoms. The normalized spacial score (nSPS) is 10.2. The van der Waals surface area contributed by atoms with Gasteiger partial charge in [0.25, 0.3) is 6.43 Å². The third-order valence-electron chi connectivity index (χ3n) is 1.64. The molecule has 0 aromatic carbocycles. The first-order chi connectivity index (χ1) is 6.57. The highest BCUT2D eigenvalue weighted by molar-refractivity contribution is 14.1. The minimum absolute atomic E-state index is 0.0399. The van der Waals surface area contributed by atoms with Gasteiger partial charge in [-0.05, 0) is 22.6 Å². The Bertz CT molecular complexity index is 390. The molecule has 0 amide bonds. The number of hydrogen-bond donors (Lipinski definition) is 1. The van der Waals surface area contributed by atoms with Crippen LogP contribution in [-0.2, 0) is 6.42 Å². The Labute approximate surface area is 92.5 Å². The molecule has 0 unspecified atom stereocenters. The number of rotatable bonds is 2. The first-order valence-corrected chi connectivity index (χ1v) is 4.67. The maximum absolute atomic E-state index is 12.4. The van der Waals surface area contributed by atoms with Crippen LogP contribution in [0.2, 0.25) is 0 Å². The van der Waals surface area contributed by atoms with Crippen molar-refractivity contribution >= 4 is 22.6 Å². The van der Waals surface area contributed by atoms with Crippen molar-refractivity contribution in [2.45, 2.75) is 12.8 Å². The third kappa shape index (κ3) is 2.09. The van der Waals surface area contributed by atoms with E-state index in [1.165, 1.54) is 0 Å². The molecule has 1 aromatic heterocycles. The van der Waals surface area contributed by atoms with Crippen molar-refractivity contribution in [2.75, 3.05) is 0 Å². The molecule has 0 fully saturated rings. The van der Waals surface area contributed by atoms with Crippen LogP contribution in [0.1, 0.15) is 17.6 Å². The quantitative estimate of drug-likeness (QED) is 0.674. The second-order valence-electron chi connectivity index (χ2n) is 2.47. The monoisotopic (exact) mass is 310 g/mol. The van der Waals surface area contributed by atoms with Crippen molar-refractivity contribution in [3.05, 3.63) is 21.0 Å². The summed E-state index contributed by atoms with van der Waals surface area (Å²) in [6, 6.07) is 1.72. The maximum atomic E-state index is 12.4. The number of aromatic hydroxyl groups is 1. The number of pyridine rings is 1. The summed E-state index contributed by atoms with van der Waals surface area (Å²) in [5, 5.41) is 17.8. The zero-order chi connectivity index (χ0) is 10.7. The van der Waals surface area contributed by atoms with Crippen LogP contribution in [0.15, 0.2) is 6.20 Å². The minimum atomic E-state index is -2.73. The van der Waals surface area contributed by atoms with Crippen LogP contribution in [0.25, 0.3) is 0 Å². The summed E-state index contributed by atoms with van der Waals surface area (Å²) in [5.41, 5.74) is -0.425. The van der Waals surface area contributed by atoms with E-state index in [-0.39, 0.29) is 27.0 Å². The third-order valence-corrected chi connectivity index (χ3v) is 2.43. The van der Waals surface area contributed by atoms with E-state index in [1.54, 1.807) is 28.7 Å². The van der Waals surface area contributed by atoms with Crippen molar-refractivity contribution in [1.29, 1.82) is 5.26 Å². The van der Waals surface area contributed by atoms with Gasteiger partial charge >= 0.3 is 0 Å². The van der Waals surface area contributed by atoms with E-state index < -0.39 is 6.43 Å². The highest BCUT2D eigenvalue weighted by atomic mass is 127. The Balaban J connectivity index is 3.31. The van der Waals surface area contributed by atoms with Gasteiger partial charge in [-0.25, -0.2) is 13.8 Å². The van der Waals surface area contributed by atoms with Gasteiger partial charge in [-0.15, -0.1) is 0 Å². The van der Waals surface area contributed by atoms with E-state index in [0.717, 1.165) is 6.20 Å². The summed E-state index contributed by atoms with van der Waals surface area (Å²) in [6.07, 6.45) is -1.99. The molecule has 0 aliphatic carbocycles. The molecule has 0 saturated heterocycles. The lowest BCUT2D eigenvalue weighted by Crippen LogP contribution is -1.98. The van der Waals surface area contributed by atoms with Crippen molar-refractivity contribution in [3.63, 3.8) is 0 Å². The van der Waals surface area contributed by atoms with E-state index in [1.807, 2.05) is 0 Å². The Morgan fingerprint density at radius 3 is 2.79 bits per heavy atom. The second-order valence-corrected chi connectivity index (χ2v) is 3.49. The number of halogens is 3. The molecule has 3 nitrogen and oxygen atoms in total. The molecule has 74 valence electrons. The summed E-state index contributed by atoms with van der Waals surface area (Å²) in [5.74, 6) is -0.329. The minimum Gasteiger partial charge on any atom is -0.505 e. The molecule has 1 heterocycles. The number of alkyl halides is 2. The first-order valence-electron chi connectivity index (χ1n) is 3.59. The Morgan fingerprint density at radius 2 is 2.29 bits per heavy atom. The lowest BCUT2D eigenvalue weighted by atomic mass is 10.1. The summed E-state index contributed by atoms with van der Waals surface area (Å²) >= 11 is 1.71. The van der Waals surface area contributed by atoms with Crippen LogP contribution in [0.4, 0.5) is 8.78 Å². The van der Waals surface area contributed by atoms with Gasteiger partial charge in [0.1, 0.15) is 3.70 Å². The fraction of sp³-hybridized carbons (Fsp3) is 0.250. The van der Waals surface area contributed by atoms with Crippen LogP contribution < -0.4 is 0 Å². The highest BCUT2D eigenvalue weighted by Crippen LogP contribution is 2.31. The SMILES string of the molecule is N#CCc1c(C(F)F)cnc(I)c1O. The topological polar surface area (TPSA) is 56.9 Å². The van der Waals surface area contributed by atoms with Gasteiger partial charge in [-0.3, -0.25) is 0 Å². The summed E-state index contributed by atoms with van der Waals surface area (Å²) < 4.78 is 25.0. The predicted octanol–water partition coefficient (Wildman–Crippen LogP) is 2.40. The zero-order valence-corrected chi connectivity index (χ0v) is 8.99. The lowest BCUT2D eigenvalue weighted by Gasteiger charge is -2.08. The maximum Gasteiger partial charge on any atom is 0.265 e. The lowest BCUT2D eigenvalue weighted by molar-refractivity contribution is 0.149. The van der Waals surface area contributed by atoms with Gasteiger partial charge in [0, 0.05) is 17.3 Å². The van der Waals surface area contributed by atoms with E-state index in [0.29, 0.717) is 0 Å². The van der Waals surface area contributed by atoms with Crippen LogP contribution in [0.3, 0.4) is 0 Å². The van der Waals surface area contributed by atoms with Crippen molar-refractivity contribution in [2.24, 2.45) is 0 Å². The standard InChI is InChI=1S/C8H5F2IN2O/c9-7(10)5-3-13-8(11)6(14)4(5)1-2-12/h3,7,14H,1H2. The molecule has 0 radical (unpaired) electrons. The van der Waals surface area contributed by atoms with Crippen molar-refractivity contribution in [3.8, 4) is 11.8 Å². The molecule has 0 saturated carbocycles. The van der Waals surface area contributed by atoms with E-state index in [9.17, 15) is 13.9 Å². The fourth-order valence-corrected chi connectivity index (χ4v) is 1.44. The van der Waals surface area contributed by atoms with Gasteiger partial charge in [-0.2, -0.15) is 5.26 Å². The second kappa shape index (κ2) is 4.50. The Kier molecular flexibility index (Phi) is 3.57. The van der Waals surface area contributed by atoms with Gasteiger partial charge in [0.05, 0.1) is 12.5 Å². The number of nitriles is 1.